The average Bonchev–Trinajstić information content (AvgIpc) is 2.87. The van der Waals surface area contributed by atoms with Gasteiger partial charge in [0.1, 0.15) is 6.54 Å². The first-order valence-electron chi connectivity index (χ1n) is 7.63. The third kappa shape index (κ3) is 5.06. The molecule has 0 fully saturated rings. The molecule has 0 spiro atoms. The van der Waals surface area contributed by atoms with Gasteiger partial charge in [0.15, 0.2) is 6.10 Å². The fraction of sp³-hybridized carbons (Fsp3) is 0.353. The summed E-state index contributed by atoms with van der Waals surface area (Å²) >= 11 is 1.03. The predicted octanol–water partition coefficient (Wildman–Crippen LogP) is 1.51. The van der Waals surface area contributed by atoms with Crippen molar-refractivity contribution in [1.82, 2.24) is 9.88 Å². The Kier molecular flexibility index (Phi) is 6.31. The highest BCUT2D eigenvalue weighted by Crippen LogP contribution is 2.02. The number of aryl methyl sites for hydroxylation is 1. The zero-order valence-electron chi connectivity index (χ0n) is 13.7. The molecule has 7 heteroatoms. The van der Waals surface area contributed by atoms with E-state index in [9.17, 15) is 14.4 Å². The maximum absolute atomic E-state index is 12.0. The summed E-state index contributed by atoms with van der Waals surface area (Å²) in [6, 6.07) is 9.78. The summed E-state index contributed by atoms with van der Waals surface area (Å²) in [5.74, 6) is -0.960. The van der Waals surface area contributed by atoms with Crippen LogP contribution in [0.1, 0.15) is 18.2 Å². The van der Waals surface area contributed by atoms with Crippen LogP contribution in [0.3, 0.4) is 0 Å². The fourth-order valence-electron chi connectivity index (χ4n) is 2.13. The van der Waals surface area contributed by atoms with E-state index in [-0.39, 0.29) is 17.3 Å². The van der Waals surface area contributed by atoms with Crippen LogP contribution in [-0.4, -0.2) is 29.1 Å². The highest BCUT2D eigenvalue weighted by molar-refractivity contribution is 7.07. The maximum atomic E-state index is 12.0. The smallest absolute Gasteiger partial charge is 0.326 e. The van der Waals surface area contributed by atoms with Crippen LogP contribution in [-0.2, 0) is 27.3 Å². The van der Waals surface area contributed by atoms with Gasteiger partial charge in [-0.05, 0) is 25.8 Å². The summed E-state index contributed by atoms with van der Waals surface area (Å²) in [5, 5.41) is 4.41. The minimum absolute atomic E-state index is 0.185. The van der Waals surface area contributed by atoms with E-state index in [0.29, 0.717) is 18.7 Å². The Balaban J connectivity index is 1.76. The molecule has 0 radical (unpaired) electrons. The second kappa shape index (κ2) is 8.44. The van der Waals surface area contributed by atoms with Crippen LogP contribution in [0, 0.1) is 6.92 Å². The van der Waals surface area contributed by atoms with Crippen molar-refractivity contribution in [3.8, 4) is 0 Å². The van der Waals surface area contributed by atoms with E-state index in [1.807, 2.05) is 30.3 Å². The molecule has 1 heterocycles. The third-order valence-corrected chi connectivity index (χ3v) is 4.38. The molecule has 0 aliphatic rings. The lowest BCUT2D eigenvalue weighted by Gasteiger charge is -2.14. The van der Waals surface area contributed by atoms with Crippen LogP contribution < -0.4 is 10.2 Å². The van der Waals surface area contributed by atoms with Crippen LogP contribution >= 0.6 is 11.3 Å². The molecule has 0 unspecified atom stereocenters. The minimum Gasteiger partial charge on any atom is -0.451 e. The SMILES string of the molecule is Cc1csc(=O)n1CC(=O)O[C@H](C)C(=O)NCCc1ccccc1. The standard InChI is InChI=1S/C17H20N2O4S/c1-12-11-24-17(22)19(12)10-15(20)23-13(2)16(21)18-9-8-14-6-4-3-5-7-14/h3-7,11,13H,8-10H2,1-2H3,(H,18,21)/t13-/m1/s1. The zero-order chi connectivity index (χ0) is 17.5. The normalized spacial score (nSPS) is 11.8. The molecule has 2 aromatic rings. The third-order valence-electron chi connectivity index (χ3n) is 3.50. The van der Waals surface area contributed by atoms with Crippen molar-refractivity contribution in [2.45, 2.75) is 32.9 Å². The highest BCUT2D eigenvalue weighted by atomic mass is 32.1. The Labute approximate surface area is 144 Å². The highest BCUT2D eigenvalue weighted by Gasteiger charge is 2.18. The monoisotopic (exact) mass is 348 g/mol. The first-order chi connectivity index (χ1) is 11.5. The topological polar surface area (TPSA) is 77.4 Å². The van der Waals surface area contributed by atoms with Crippen LogP contribution in [0.2, 0.25) is 0 Å². The van der Waals surface area contributed by atoms with Gasteiger partial charge in [0.05, 0.1) is 0 Å². The molecule has 1 aromatic heterocycles. The van der Waals surface area contributed by atoms with Gasteiger partial charge in [-0.1, -0.05) is 41.7 Å². The fourth-order valence-corrected chi connectivity index (χ4v) is 2.87. The van der Waals surface area contributed by atoms with Gasteiger partial charge in [-0.3, -0.25) is 19.0 Å². The van der Waals surface area contributed by atoms with Crippen molar-refractivity contribution in [3.05, 3.63) is 56.6 Å². The number of carbonyl (C=O) groups is 2. The molecule has 128 valence electrons. The van der Waals surface area contributed by atoms with Crippen molar-refractivity contribution in [3.63, 3.8) is 0 Å². The number of aromatic nitrogens is 1. The van der Waals surface area contributed by atoms with Crippen molar-refractivity contribution in [1.29, 1.82) is 0 Å². The van der Waals surface area contributed by atoms with Gasteiger partial charge < -0.3 is 10.1 Å². The summed E-state index contributed by atoms with van der Waals surface area (Å²) in [4.78, 5) is 35.2. The van der Waals surface area contributed by atoms with Gasteiger partial charge in [-0.25, -0.2) is 0 Å². The summed E-state index contributed by atoms with van der Waals surface area (Å²) < 4.78 is 6.42. The van der Waals surface area contributed by atoms with Crippen molar-refractivity contribution >= 4 is 23.2 Å². The number of hydrogen-bond acceptors (Lipinski definition) is 5. The van der Waals surface area contributed by atoms with Gasteiger partial charge in [-0.15, -0.1) is 0 Å². The molecule has 1 aromatic carbocycles. The molecule has 6 nitrogen and oxygen atoms in total. The number of ether oxygens (including phenoxy) is 1. The lowest BCUT2D eigenvalue weighted by molar-refractivity contribution is -0.155. The van der Waals surface area contributed by atoms with Crippen LogP contribution in [0.5, 0.6) is 0 Å². The number of esters is 1. The molecule has 1 atom stereocenters. The molecule has 24 heavy (non-hydrogen) atoms. The number of nitrogens with one attached hydrogen (secondary N) is 1. The first-order valence-corrected chi connectivity index (χ1v) is 8.51. The Bertz CT molecular complexity index is 751. The molecule has 2 rings (SSSR count). The lowest BCUT2D eigenvalue weighted by Crippen LogP contribution is -2.37. The lowest BCUT2D eigenvalue weighted by atomic mass is 10.1. The Morgan fingerprint density at radius 1 is 1.29 bits per heavy atom. The average molecular weight is 348 g/mol. The zero-order valence-corrected chi connectivity index (χ0v) is 14.5. The van der Waals surface area contributed by atoms with E-state index in [0.717, 1.165) is 16.9 Å². The van der Waals surface area contributed by atoms with Crippen molar-refractivity contribution in [2.24, 2.45) is 0 Å². The van der Waals surface area contributed by atoms with Gasteiger partial charge in [-0.2, -0.15) is 0 Å². The molecule has 1 N–H and O–H groups in total. The van der Waals surface area contributed by atoms with E-state index in [1.54, 1.807) is 12.3 Å². The molecule has 1 amide bonds. The van der Waals surface area contributed by atoms with Gasteiger partial charge >= 0.3 is 10.8 Å². The van der Waals surface area contributed by atoms with E-state index < -0.39 is 12.1 Å². The summed E-state index contributed by atoms with van der Waals surface area (Å²) in [6.07, 6.45) is -0.195. The molecule has 0 saturated carbocycles. The van der Waals surface area contributed by atoms with Crippen LogP contribution in [0.15, 0.2) is 40.5 Å². The minimum atomic E-state index is -0.900. The number of thiazole rings is 1. The van der Waals surface area contributed by atoms with E-state index >= 15 is 0 Å². The number of nitrogens with zero attached hydrogens (tertiary/aromatic N) is 1. The maximum Gasteiger partial charge on any atom is 0.326 e. The summed E-state index contributed by atoms with van der Waals surface area (Å²) in [6.45, 7) is 3.54. The predicted molar refractivity (Wildman–Crippen MR) is 92.0 cm³/mol. The number of carbonyl (C=O) groups excluding carboxylic acids is 2. The quantitative estimate of drug-likeness (QED) is 0.770. The second-order valence-corrected chi connectivity index (χ2v) is 6.21. The van der Waals surface area contributed by atoms with E-state index in [4.69, 9.17) is 4.74 Å². The van der Waals surface area contributed by atoms with Crippen LogP contribution in [0.25, 0.3) is 0 Å². The number of benzene rings is 1. The molecule has 0 bridgehead atoms. The van der Waals surface area contributed by atoms with Gasteiger partial charge in [0.25, 0.3) is 5.91 Å². The molecule has 0 aliphatic carbocycles. The largest absolute Gasteiger partial charge is 0.451 e. The summed E-state index contributed by atoms with van der Waals surface area (Å²) in [5.41, 5.74) is 1.82. The van der Waals surface area contributed by atoms with Gasteiger partial charge in [0.2, 0.25) is 0 Å². The number of amides is 1. The molecule has 0 saturated heterocycles. The molecular formula is C17H20N2O4S. The summed E-state index contributed by atoms with van der Waals surface area (Å²) in [7, 11) is 0. The van der Waals surface area contributed by atoms with Crippen LogP contribution in [0.4, 0.5) is 0 Å². The second-order valence-electron chi connectivity index (χ2n) is 5.39. The Morgan fingerprint density at radius 3 is 2.62 bits per heavy atom. The van der Waals surface area contributed by atoms with Crippen molar-refractivity contribution in [2.75, 3.05) is 6.54 Å². The molecular weight excluding hydrogens is 328 g/mol. The Hall–Kier alpha value is -2.41. The van der Waals surface area contributed by atoms with Gasteiger partial charge in [0, 0.05) is 17.6 Å². The van der Waals surface area contributed by atoms with E-state index in [2.05, 4.69) is 5.32 Å². The number of hydrogen-bond donors (Lipinski definition) is 1. The van der Waals surface area contributed by atoms with E-state index in [1.165, 1.54) is 11.5 Å². The Morgan fingerprint density at radius 2 is 2.00 bits per heavy atom. The van der Waals surface area contributed by atoms with Crippen molar-refractivity contribution < 1.29 is 14.3 Å². The number of rotatable bonds is 7. The molecule has 0 aliphatic heterocycles. The first kappa shape index (κ1) is 17.9.